The van der Waals surface area contributed by atoms with E-state index in [2.05, 4.69) is 15.3 Å². The molecule has 1 rings (SSSR count). The molecular formula is C17H24N6O10. The average Bonchev–Trinajstić information content (AvgIpc) is 3.22. The van der Waals surface area contributed by atoms with Gasteiger partial charge in [-0.15, -0.1) is 0 Å². The number of carbonyl (C=O) groups excluding carboxylic acids is 3. The van der Waals surface area contributed by atoms with Gasteiger partial charge in [-0.05, 0) is 0 Å². The van der Waals surface area contributed by atoms with Crippen molar-refractivity contribution in [3.8, 4) is 0 Å². The SMILES string of the molecule is NC(CC(=O)O)C(=O)NC(CC(=O)O)C(=O)NC(CO)C(=O)NC(Cc1cnc[nH]1)C(=O)O. The number of carboxylic acids is 3. The molecule has 0 bridgehead atoms. The number of H-pyrrole nitrogens is 1. The van der Waals surface area contributed by atoms with Gasteiger partial charge in [0.15, 0.2) is 0 Å². The number of aliphatic carboxylic acids is 3. The second kappa shape index (κ2) is 12.7. The Labute approximate surface area is 185 Å². The Morgan fingerprint density at radius 1 is 0.879 bits per heavy atom. The third-order valence-corrected chi connectivity index (χ3v) is 4.15. The van der Waals surface area contributed by atoms with E-state index in [4.69, 9.17) is 15.9 Å². The first-order valence-corrected chi connectivity index (χ1v) is 9.35. The molecule has 1 aromatic heterocycles. The Morgan fingerprint density at radius 3 is 1.91 bits per heavy atom. The number of rotatable bonds is 14. The zero-order valence-electron chi connectivity index (χ0n) is 17.1. The highest BCUT2D eigenvalue weighted by molar-refractivity contribution is 5.96. The molecule has 0 spiro atoms. The fourth-order valence-corrected chi connectivity index (χ4v) is 2.50. The number of amides is 3. The fraction of sp³-hybridized carbons (Fsp3) is 0.471. The van der Waals surface area contributed by atoms with E-state index in [1.807, 2.05) is 10.6 Å². The van der Waals surface area contributed by atoms with Gasteiger partial charge < -0.3 is 47.1 Å². The monoisotopic (exact) mass is 472 g/mol. The minimum absolute atomic E-state index is 0.188. The predicted octanol–water partition coefficient (Wildman–Crippen LogP) is -4.24. The average molecular weight is 472 g/mol. The van der Waals surface area contributed by atoms with E-state index in [1.165, 1.54) is 12.5 Å². The van der Waals surface area contributed by atoms with Crippen LogP contribution in [0.15, 0.2) is 12.5 Å². The number of aliphatic hydroxyl groups is 1. The summed E-state index contributed by atoms with van der Waals surface area (Å²) in [5.74, 6) is -7.77. The van der Waals surface area contributed by atoms with Crippen LogP contribution in [0.3, 0.4) is 0 Å². The molecule has 182 valence electrons. The summed E-state index contributed by atoms with van der Waals surface area (Å²) >= 11 is 0. The number of aromatic amines is 1. The summed E-state index contributed by atoms with van der Waals surface area (Å²) in [6.07, 6.45) is 0.705. The molecule has 0 radical (unpaired) electrons. The second-order valence-corrected chi connectivity index (χ2v) is 6.79. The van der Waals surface area contributed by atoms with Crippen LogP contribution < -0.4 is 21.7 Å². The number of hydrogen-bond acceptors (Lipinski definition) is 9. The van der Waals surface area contributed by atoms with Crippen LogP contribution in [-0.2, 0) is 35.2 Å². The molecule has 0 aromatic carbocycles. The molecule has 0 aliphatic heterocycles. The molecule has 4 atom stereocenters. The van der Waals surface area contributed by atoms with Gasteiger partial charge in [0.05, 0.1) is 31.8 Å². The molecule has 0 saturated carbocycles. The topological polar surface area (TPSA) is 274 Å². The molecule has 3 amide bonds. The van der Waals surface area contributed by atoms with Gasteiger partial charge >= 0.3 is 17.9 Å². The Balaban J connectivity index is 2.85. The largest absolute Gasteiger partial charge is 0.481 e. The molecule has 0 fully saturated rings. The van der Waals surface area contributed by atoms with Crippen molar-refractivity contribution < 1.29 is 49.2 Å². The molecule has 33 heavy (non-hydrogen) atoms. The normalized spacial score (nSPS) is 14.2. The van der Waals surface area contributed by atoms with E-state index in [0.29, 0.717) is 5.69 Å². The first-order valence-electron chi connectivity index (χ1n) is 9.35. The highest BCUT2D eigenvalue weighted by Crippen LogP contribution is 2.01. The quantitative estimate of drug-likeness (QED) is 0.124. The Bertz CT molecular complexity index is 874. The van der Waals surface area contributed by atoms with Crippen LogP contribution in [0, 0.1) is 0 Å². The van der Waals surface area contributed by atoms with Gasteiger partial charge in [-0.1, -0.05) is 0 Å². The number of nitrogens with one attached hydrogen (secondary N) is 4. The number of aromatic nitrogens is 2. The van der Waals surface area contributed by atoms with Crippen LogP contribution in [0.4, 0.5) is 0 Å². The molecule has 0 aliphatic rings. The van der Waals surface area contributed by atoms with Gasteiger partial charge in [-0.25, -0.2) is 9.78 Å². The standard InChI is InChI=1S/C17H24N6O10/c18-8(2-12(25)26)14(29)21-9(3-13(27)28)15(30)23-11(5-24)16(31)22-10(17(32)33)1-7-4-19-6-20-7/h4,6,8-11,24H,1-3,5,18H2,(H,19,20)(H,21,29)(H,22,31)(H,23,30)(H,25,26)(H,27,28)(H,32,33). The summed E-state index contributed by atoms with van der Waals surface area (Å²) < 4.78 is 0. The van der Waals surface area contributed by atoms with Gasteiger partial charge in [0.25, 0.3) is 0 Å². The summed E-state index contributed by atoms with van der Waals surface area (Å²) in [6, 6.07) is -6.49. The first kappa shape index (κ1) is 27.0. The van der Waals surface area contributed by atoms with Crippen molar-refractivity contribution in [3.05, 3.63) is 18.2 Å². The minimum Gasteiger partial charge on any atom is -0.481 e. The van der Waals surface area contributed by atoms with E-state index >= 15 is 0 Å². The third kappa shape index (κ3) is 9.32. The van der Waals surface area contributed by atoms with E-state index in [1.54, 1.807) is 0 Å². The molecule has 10 N–H and O–H groups in total. The predicted molar refractivity (Wildman–Crippen MR) is 105 cm³/mol. The number of carboxylic acid groups (broad SMARTS) is 3. The van der Waals surface area contributed by atoms with Gasteiger partial charge in [0, 0.05) is 18.3 Å². The maximum atomic E-state index is 12.4. The van der Waals surface area contributed by atoms with Crippen LogP contribution in [0.5, 0.6) is 0 Å². The van der Waals surface area contributed by atoms with Crippen LogP contribution in [0.25, 0.3) is 0 Å². The maximum absolute atomic E-state index is 12.4. The number of hydrogen-bond donors (Lipinski definition) is 9. The zero-order chi connectivity index (χ0) is 25.1. The number of aliphatic hydroxyl groups excluding tert-OH is 1. The third-order valence-electron chi connectivity index (χ3n) is 4.15. The van der Waals surface area contributed by atoms with Crippen molar-refractivity contribution in [1.29, 1.82) is 0 Å². The van der Waals surface area contributed by atoms with E-state index in [0.717, 1.165) is 0 Å². The van der Waals surface area contributed by atoms with Gasteiger partial charge in [0.1, 0.15) is 18.1 Å². The first-order chi connectivity index (χ1) is 15.4. The van der Waals surface area contributed by atoms with E-state index in [-0.39, 0.29) is 6.42 Å². The van der Waals surface area contributed by atoms with Crippen molar-refractivity contribution in [1.82, 2.24) is 25.9 Å². The molecule has 0 aliphatic carbocycles. The Kier molecular flexibility index (Phi) is 10.4. The fourth-order valence-electron chi connectivity index (χ4n) is 2.50. The van der Waals surface area contributed by atoms with Crippen LogP contribution in [0.1, 0.15) is 18.5 Å². The highest BCUT2D eigenvalue weighted by atomic mass is 16.4. The van der Waals surface area contributed by atoms with E-state index in [9.17, 15) is 39.0 Å². The van der Waals surface area contributed by atoms with Crippen LogP contribution >= 0.6 is 0 Å². The lowest BCUT2D eigenvalue weighted by Gasteiger charge is -2.23. The lowest BCUT2D eigenvalue weighted by molar-refractivity contribution is -0.143. The van der Waals surface area contributed by atoms with E-state index < -0.39 is 79.2 Å². The summed E-state index contributed by atoms with van der Waals surface area (Å²) in [5, 5.41) is 42.5. The lowest BCUT2D eigenvalue weighted by Crippen LogP contribution is -2.58. The van der Waals surface area contributed by atoms with Crippen molar-refractivity contribution in [3.63, 3.8) is 0 Å². The molecular weight excluding hydrogens is 448 g/mol. The second-order valence-electron chi connectivity index (χ2n) is 6.79. The molecule has 1 heterocycles. The molecule has 16 heteroatoms. The number of nitrogens with zero attached hydrogens (tertiary/aromatic N) is 1. The smallest absolute Gasteiger partial charge is 0.326 e. The summed E-state index contributed by atoms with van der Waals surface area (Å²) in [7, 11) is 0. The molecule has 1 aromatic rings. The summed E-state index contributed by atoms with van der Waals surface area (Å²) in [6.45, 7) is -0.986. The molecule has 0 saturated heterocycles. The zero-order valence-corrected chi connectivity index (χ0v) is 17.1. The maximum Gasteiger partial charge on any atom is 0.326 e. The van der Waals surface area contributed by atoms with Gasteiger partial charge in [0.2, 0.25) is 17.7 Å². The number of nitrogens with two attached hydrogens (primary N) is 1. The molecule has 4 unspecified atom stereocenters. The minimum atomic E-state index is -1.77. The van der Waals surface area contributed by atoms with Crippen LogP contribution in [-0.4, -0.2) is 96.8 Å². The van der Waals surface area contributed by atoms with Gasteiger partial charge in [-0.2, -0.15) is 0 Å². The molecule has 16 nitrogen and oxygen atoms in total. The Hall–Kier alpha value is -4.05. The lowest BCUT2D eigenvalue weighted by atomic mass is 10.1. The number of imidazole rings is 1. The van der Waals surface area contributed by atoms with Crippen molar-refractivity contribution in [2.45, 2.75) is 43.4 Å². The summed E-state index contributed by atoms with van der Waals surface area (Å²) in [5.41, 5.74) is 5.76. The van der Waals surface area contributed by atoms with Crippen molar-refractivity contribution >= 4 is 35.6 Å². The van der Waals surface area contributed by atoms with Crippen LogP contribution in [0.2, 0.25) is 0 Å². The van der Waals surface area contributed by atoms with Crippen molar-refractivity contribution in [2.24, 2.45) is 5.73 Å². The highest BCUT2D eigenvalue weighted by Gasteiger charge is 2.31. The van der Waals surface area contributed by atoms with Crippen molar-refractivity contribution in [2.75, 3.05) is 6.61 Å². The summed E-state index contributed by atoms with van der Waals surface area (Å²) in [4.78, 5) is 76.3. The Morgan fingerprint density at radius 2 is 1.42 bits per heavy atom. The number of carbonyl (C=O) groups is 6. The van der Waals surface area contributed by atoms with Gasteiger partial charge in [-0.3, -0.25) is 24.0 Å².